The molecular formula is C19H23N3O2. The van der Waals surface area contributed by atoms with Crippen LogP contribution in [0.25, 0.3) is 0 Å². The van der Waals surface area contributed by atoms with Gasteiger partial charge in [0.1, 0.15) is 11.8 Å². The predicted molar refractivity (Wildman–Crippen MR) is 94.8 cm³/mol. The van der Waals surface area contributed by atoms with E-state index in [0.717, 1.165) is 27.9 Å². The van der Waals surface area contributed by atoms with E-state index in [9.17, 15) is 9.90 Å². The maximum atomic E-state index is 12.4. The van der Waals surface area contributed by atoms with E-state index in [1.54, 1.807) is 6.07 Å². The van der Waals surface area contributed by atoms with Crippen molar-refractivity contribution in [3.8, 4) is 5.75 Å². The molecule has 0 radical (unpaired) electrons. The summed E-state index contributed by atoms with van der Waals surface area (Å²) >= 11 is 0. The van der Waals surface area contributed by atoms with Gasteiger partial charge in [0.25, 0.3) is 0 Å². The van der Waals surface area contributed by atoms with E-state index in [1.807, 2.05) is 51.1 Å². The van der Waals surface area contributed by atoms with Crippen molar-refractivity contribution in [2.24, 2.45) is 0 Å². The van der Waals surface area contributed by atoms with Crippen LogP contribution in [0.2, 0.25) is 0 Å². The number of carbonyl (C=O) groups excluding carboxylic acids is 1. The van der Waals surface area contributed by atoms with E-state index in [4.69, 9.17) is 0 Å². The minimum atomic E-state index is -0.350. The molecule has 1 saturated heterocycles. The van der Waals surface area contributed by atoms with Crippen molar-refractivity contribution in [3.63, 3.8) is 0 Å². The molecule has 2 unspecified atom stereocenters. The lowest BCUT2D eigenvalue weighted by Crippen LogP contribution is -2.39. The van der Waals surface area contributed by atoms with E-state index in [-0.39, 0.29) is 23.7 Å². The zero-order valence-corrected chi connectivity index (χ0v) is 14.2. The van der Waals surface area contributed by atoms with Gasteiger partial charge in [-0.25, -0.2) is 10.9 Å². The highest BCUT2D eigenvalue weighted by Gasteiger charge is 2.31. The summed E-state index contributed by atoms with van der Waals surface area (Å²) in [5.41, 5.74) is 11.0. The minimum absolute atomic E-state index is 0.0843. The molecule has 24 heavy (non-hydrogen) atoms. The normalized spacial score (nSPS) is 20.1. The monoisotopic (exact) mass is 325 g/mol. The molecule has 5 heteroatoms. The molecule has 3 rings (SSSR count). The highest BCUT2D eigenvalue weighted by molar-refractivity contribution is 5.95. The van der Waals surface area contributed by atoms with Crippen LogP contribution in [0, 0.1) is 20.8 Å². The van der Waals surface area contributed by atoms with Crippen molar-refractivity contribution < 1.29 is 9.90 Å². The summed E-state index contributed by atoms with van der Waals surface area (Å²) < 4.78 is 0. The molecule has 1 aliphatic rings. The summed E-state index contributed by atoms with van der Waals surface area (Å²) in [5, 5.41) is 13.1. The van der Waals surface area contributed by atoms with Crippen molar-refractivity contribution in [2.75, 3.05) is 5.32 Å². The van der Waals surface area contributed by atoms with Crippen LogP contribution < -0.4 is 16.2 Å². The number of phenols is 1. The first-order chi connectivity index (χ1) is 11.4. The average molecular weight is 325 g/mol. The Morgan fingerprint density at radius 1 is 1.12 bits per heavy atom. The molecule has 0 aliphatic carbocycles. The largest absolute Gasteiger partial charge is 0.508 e. The van der Waals surface area contributed by atoms with Gasteiger partial charge in [0, 0.05) is 11.3 Å². The minimum Gasteiger partial charge on any atom is -0.508 e. The van der Waals surface area contributed by atoms with Crippen molar-refractivity contribution in [3.05, 3.63) is 58.7 Å². The number of rotatable bonds is 3. The second kappa shape index (κ2) is 6.63. The number of amides is 1. The Kier molecular flexibility index (Phi) is 4.55. The van der Waals surface area contributed by atoms with Gasteiger partial charge in [0.15, 0.2) is 0 Å². The van der Waals surface area contributed by atoms with Gasteiger partial charge in [-0.05, 0) is 62.1 Å². The molecule has 2 aromatic carbocycles. The van der Waals surface area contributed by atoms with Crippen molar-refractivity contribution in [1.82, 2.24) is 10.9 Å². The lowest BCUT2D eigenvalue weighted by Gasteiger charge is -2.14. The fraction of sp³-hybridized carbons (Fsp3) is 0.316. The number of hydrogen-bond acceptors (Lipinski definition) is 4. The average Bonchev–Trinajstić information content (AvgIpc) is 3.01. The van der Waals surface area contributed by atoms with Crippen LogP contribution in [0.3, 0.4) is 0 Å². The zero-order chi connectivity index (χ0) is 17.3. The number of aromatic hydroxyl groups is 1. The fourth-order valence-electron chi connectivity index (χ4n) is 2.99. The highest BCUT2D eigenvalue weighted by Crippen LogP contribution is 2.32. The molecule has 2 atom stereocenters. The maximum absolute atomic E-state index is 12.4. The van der Waals surface area contributed by atoms with Gasteiger partial charge < -0.3 is 10.4 Å². The van der Waals surface area contributed by atoms with Crippen LogP contribution in [-0.2, 0) is 4.79 Å². The Balaban J connectivity index is 1.69. The lowest BCUT2D eigenvalue weighted by atomic mass is 9.97. The molecule has 126 valence electrons. The molecule has 0 bridgehead atoms. The quantitative estimate of drug-likeness (QED) is 0.700. The van der Waals surface area contributed by atoms with Crippen LogP contribution in [0.1, 0.15) is 34.7 Å². The molecule has 0 saturated carbocycles. The number of benzene rings is 2. The molecule has 0 spiro atoms. The third-order valence-corrected chi connectivity index (χ3v) is 4.52. The Hall–Kier alpha value is -2.37. The van der Waals surface area contributed by atoms with Crippen LogP contribution in [0.15, 0.2) is 36.4 Å². The smallest absolute Gasteiger partial charge is 0.242 e. The van der Waals surface area contributed by atoms with Crippen LogP contribution in [0.5, 0.6) is 5.75 Å². The van der Waals surface area contributed by atoms with E-state index in [1.165, 1.54) is 0 Å². The predicted octanol–water partition coefficient (Wildman–Crippen LogP) is 2.86. The summed E-state index contributed by atoms with van der Waals surface area (Å²) in [7, 11) is 0. The SMILES string of the molecule is Cc1cccc(NC(=O)C2CC(c3cc(C)c(C)cc3O)NN2)c1. The molecule has 5 nitrogen and oxygen atoms in total. The number of carbonyl (C=O) groups is 1. The molecular weight excluding hydrogens is 302 g/mol. The summed E-state index contributed by atoms with van der Waals surface area (Å²) in [5.74, 6) is 0.177. The molecule has 1 aliphatic heterocycles. The van der Waals surface area contributed by atoms with Crippen molar-refractivity contribution >= 4 is 11.6 Å². The second-order valence-corrected chi connectivity index (χ2v) is 6.48. The van der Waals surface area contributed by atoms with Crippen LogP contribution in [0.4, 0.5) is 5.69 Å². The first-order valence-electron chi connectivity index (χ1n) is 8.12. The summed E-state index contributed by atoms with van der Waals surface area (Å²) in [6.07, 6.45) is 0.577. The summed E-state index contributed by atoms with van der Waals surface area (Å²) in [4.78, 5) is 12.4. The number of phenolic OH excluding ortho intramolecular Hbond substituents is 1. The van der Waals surface area contributed by atoms with E-state index < -0.39 is 0 Å². The Morgan fingerprint density at radius 2 is 1.88 bits per heavy atom. The number of nitrogens with one attached hydrogen (secondary N) is 3. The molecule has 2 aromatic rings. The topological polar surface area (TPSA) is 73.4 Å². The van der Waals surface area contributed by atoms with E-state index in [2.05, 4.69) is 16.2 Å². The second-order valence-electron chi connectivity index (χ2n) is 6.48. The molecule has 1 amide bonds. The highest BCUT2D eigenvalue weighted by atomic mass is 16.3. The number of anilines is 1. The summed E-state index contributed by atoms with van der Waals surface area (Å²) in [6, 6.07) is 11.0. The Morgan fingerprint density at radius 3 is 2.62 bits per heavy atom. The van der Waals surface area contributed by atoms with Crippen LogP contribution >= 0.6 is 0 Å². The molecule has 4 N–H and O–H groups in total. The third kappa shape index (κ3) is 3.42. The number of aryl methyl sites for hydroxylation is 3. The maximum Gasteiger partial charge on any atom is 0.242 e. The number of hydrazine groups is 1. The van der Waals surface area contributed by atoms with E-state index in [0.29, 0.717) is 6.42 Å². The Labute approximate surface area is 142 Å². The van der Waals surface area contributed by atoms with E-state index >= 15 is 0 Å². The van der Waals surface area contributed by atoms with Gasteiger partial charge in [-0.1, -0.05) is 18.2 Å². The molecule has 1 heterocycles. The first kappa shape index (κ1) is 16.5. The number of hydrogen-bond donors (Lipinski definition) is 4. The standard InChI is InChI=1S/C19H23N3O2/c1-11-5-4-6-14(7-11)20-19(24)17-10-16(21-22-17)15-8-12(2)13(3)9-18(15)23/h4-9,16-17,21-23H,10H2,1-3H3,(H,20,24). The fourth-order valence-corrected chi connectivity index (χ4v) is 2.99. The molecule has 1 fully saturated rings. The van der Waals surface area contributed by atoms with Gasteiger partial charge >= 0.3 is 0 Å². The van der Waals surface area contributed by atoms with Crippen LogP contribution in [-0.4, -0.2) is 17.1 Å². The van der Waals surface area contributed by atoms with Gasteiger partial charge in [0.05, 0.1) is 6.04 Å². The van der Waals surface area contributed by atoms with Gasteiger partial charge in [0.2, 0.25) is 5.91 Å². The molecule has 0 aromatic heterocycles. The van der Waals surface area contributed by atoms with Gasteiger partial charge in [-0.3, -0.25) is 4.79 Å². The summed E-state index contributed by atoms with van der Waals surface area (Å²) in [6.45, 7) is 5.98. The van der Waals surface area contributed by atoms with Crippen molar-refractivity contribution in [1.29, 1.82) is 0 Å². The lowest BCUT2D eigenvalue weighted by molar-refractivity contribution is -0.117. The van der Waals surface area contributed by atoms with Gasteiger partial charge in [-0.2, -0.15) is 0 Å². The first-order valence-corrected chi connectivity index (χ1v) is 8.12. The van der Waals surface area contributed by atoms with Gasteiger partial charge in [-0.15, -0.1) is 0 Å². The Bertz CT molecular complexity index is 773. The zero-order valence-electron chi connectivity index (χ0n) is 14.2. The third-order valence-electron chi connectivity index (χ3n) is 4.52. The van der Waals surface area contributed by atoms with Crippen molar-refractivity contribution in [2.45, 2.75) is 39.3 Å².